The van der Waals surface area contributed by atoms with E-state index in [-0.39, 0.29) is 0 Å². The van der Waals surface area contributed by atoms with Crippen LogP contribution in [-0.2, 0) is 4.79 Å². The summed E-state index contributed by atoms with van der Waals surface area (Å²) in [5.41, 5.74) is 3.48. The van der Waals surface area contributed by atoms with Gasteiger partial charge in [0, 0.05) is 5.56 Å². The van der Waals surface area contributed by atoms with Crippen molar-refractivity contribution in [2.75, 3.05) is 0 Å². The zero-order chi connectivity index (χ0) is 16.4. The van der Waals surface area contributed by atoms with Crippen molar-refractivity contribution < 1.29 is 9.59 Å². The maximum atomic E-state index is 12.5. The van der Waals surface area contributed by atoms with Crippen molar-refractivity contribution in [2.45, 2.75) is 13.8 Å². The van der Waals surface area contributed by atoms with Gasteiger partial charge in [0.2, 0.25) is 0 Å². The van der Waals surface area contributed by atoms with Gasteiger partial charge in [0.05, 0.1) is 11.3 Å². The predicted octanol–water partition coefficient (Wildman–Crippen LogP) is 3.44. The Morgan fingerprint density at radius 1 is 1.00 bits per heavy atom. The first-order valence-electron chi connectivity index (χ1n) is 7.34. The van der Waals surface area contributed by atoms with Gasteiger partial charge < -0.3 is 0 Å². The molecule has 1 heterocycles. The van der Waals surface area contributed by atoms with E-state index in [9.17, 15) is 9.59 Å². The number of carbonyl (C=O) groups is 2. The van der Waals surface area contributed by atoms with Crippen molar-refractivity contribution in [1.29, 1.82) is 0 Å². The largest absolute Gasteiger partial charge is 0.283 e. The maximum absolute atomic E-state index is 12.5. The number of nitrogens with zero attached hydrogens (tertiary/aromatic N) is 2. The van der Waals surface area contributed by atoms with E-state index in [4.69, 9.17) is 0 Å². The van der Waals surface area contributed by atoms with E-state index in [1.165, 1.54) is 0 Å². The van der Waals surface area contributed by atoms with E-state index in [1.807, 2.05) is 37.3 Å². The van der Waals surface area contributed by atoms with Gasteiger partial charge in [0.15, 0.2) is 0 Å². The lowest BCUT2D eigenvalue weighted by molar-refractivity contribution is -0.123. The molecule has 4 heteroatoms. The normalized spacial score (nSPS) is 15.9. The van der Waals surface area contributed by atoms with Crippen molar-refractivity contribution in [3.63, 3.8) is 0 Å². The summed E-state index contributed by atoms with van der Waals surface area (Å²) >= 11 is 0. The van der Waals surface area contributed by atoms with Crippen LogP contribution in [0.5, 0.6) is 0 Å². The smallest absolute Gasteiger partial charge is 0.267 e. The highest BCUT2D eigenvalue weighted by molar-refractivity contribution is 6.30. The Morgan fingerprint density at radius 2 is 1.65 bits per heavy atom. The molecule has 2 aromatic carbocycles. The Bertz CT molecular complexity index is 818. The molecule has 0 bridgehead atoms. The number of hydrazone groups is 1. The molecule has 0 saturated heterocycles. The Hall–Kier alpha value is -3.01. The number of benzene rings is 2. The molecule has 0 spiro atoms. The molecule has 1 aliphatic heterocycles. The first-order valence-corrected chi connectivity index (χ1v) is 7.34. The van der Waals surface area contributed by atoms with Crippen LogP contribution in [-0.4, -0.2) is 22.5 Å². The minimum absolute atomic E-state index is 0.392. The number of aryl methyl sites for hydroxylation is 1. The second-order valence-electron chi connectivity index (χ2n) is 5.44. The Morgan fingerprint density at radius 3 is 2.30 bits per heavy atom. The first-order chi connectivity index (χ1) is 11.1. The van der Waals surface area contributed by atoms with Gasteiger partial charge in [-0.05, 0) is 37.6 Å². The molecule has 0 aromatic heterocycles. The molecule has 3 rings (SSSR count). The summed E-state index contributed by atoms with van der Waals surface area (Å²) in [4.78, 5) is 24.9. The van der Waals surface area contributed by atoms with Crippen LogP contribution in [0.15, 0.2) is 65.3 Å². The summed E-state index contributed by atoms with van der Waals surface area (Å²) in [5, 5.41) is 5.06. The second-order valence-corrected chi connectivity index (χ2v) is 5.44. The van der Waals surface area contributed by atoms with Crippen molar-refractivity contribution in [3.8, 4) is 0 Å². The van der Waals surface area contributed by atoms with Gasteiger partial charge in [0.1, 0.15) is 0 Å². The second kappa shape index (κ2) is 6.01. The van der Waals surface area contributed by atoms with E-state index < -0.39 is 11.8 Å². The number of carbonyl (C=O) groups excluding carboxylic acids is 2. The zero-order valence-corrected chi connectivity index (χ0v) is 13.0. The Balaban J connectivity index is 1.90. The molecule has 4 nitrogen and oxygen atoms in total. The molecule has 23 heavy (non-hydrogen) atoms. The zero-order valence-electron chi connectivity index (χ0n) is 13.0. The third-order valence-electron chi connectivity index (χ3n) is 3.66. The number of imide groups is 1. The number of rotatable bonds is 2. The van der Waals surface area contributed by atoms with Crippen LogP contribution in [0.1, 0.15) is 28.4 Å². The summed E-state index contributed by atoms with van der Waals surface area (Å²) in [7, 11) is 0. The molecule has 114 valence electrons. The highest BCUT2D eigenvalue weighted by Crippen LogP contribution is 2.20. The average Bonchev–Trinajstić information content (AvgIpc) is 2.85. The van der Waals surface area contributed by atoms with Gasteiger partial charge in [-0.1, -0.05) is 48.0 Å². The molecule has 0 N–H and O–H groups in total. The molecular weight excluding hydrogens is 288 g/mol. The minimum Gasteiger partial charge on any atom is -0.267 e. The number of amides is 2. The van der Waals surface area contributed by atoms with Crippen LogP contribution >= 0.6 is 0 Å². The van der Waals surface area contributed by atoms with E-state index >= 15 is 0 Å². The summed E-state index contributed by atoms with van der Waals surface area (Å²) in [5.74, 6) is -0.806. The van der Waals surface area contributed by atoms with Crippen molar-refractivity contribution in [3.05, 3.63) is 76.9 Å². The summed E-state index contributed by atoms with van der Waals surface area (Å²) in [6.45, 7) is 3.74. The molecule has 0 radical (unpaired) electrons. The molecule has 0 unspecified atom stereocenters. The third-order valence-corrected chi connectivity index (χ3v) is 3.66. The Kier molecular flexibility index (Phi) is 3.89. The average molecular weight is 304 g/mol. The lowest BCUT2D eigenvalue weighted by Gasteiger charge is -2.09. The van der Waals surface area contributed by atoms with E-state index in [2.05, 4.69) is 5.10 Å². The van der Waals surface area contributed by atoms with Gasteiger partial charge in [-0.2, -0.15) is 10.1 Å². The summed E-state index contributed by atoms with van der Waals surface area (Å²) < 4.78 is 0. The fourth-order valence-electron chi connectivity index (χ4n) is 2.35. The number of hydrogen-bond acceptors (Lipinski definition) is 3. The standard InChI is InChI=1S/C19H16N2O2/c1-13-8-10-15(11-9-13)12-17-14(2)20-21(19(17)23)18(22)16-6-4-3-5-7-16/h3-12H,1-2H3/b17-12+. The van der Waals surface area contributed by atoms with Gasteiger partial charge in [-0.3, -0.25) is 9.59 Å². The fourth-order valence-corrected chi connectivity index (χ4v) is 2.35. The van der Waals surface area contributed by atoms with Gasteiger partial charge in [0.25, 0.3) is 11.8 Å². The van der Waals surface area contributed by atoms with Crippen LogP contribution in [0.25, 0.3) is 6.08 Å². The summed E-state index contributed by atoms with van der Waals surface area (Å²) in [6.07, 6.45) is 1.76. The molecule has 2 amide bonds. The topological polar surface area (TPSA) is 49.7 Å². The first kappa shape index (κ1) is 14.9. The minimum atomic E-state index is -0.415. The monoisotopic (exact) mass is 304 g/mol. The van der Waals surface area contributed by atoms with Gasteiger partial charge in [-0.25, -0.2) is 0 Å². The lowest BCUT2D eigenvalue weighted by atomic mass is 10.1. The van der Waals surface area contributed by atoms with Crippen molar-refractivity contribution in [1.82, 2.24) is 5.01 Å². The molecule has 0 aliphatic carbocycles. The highest BCUT2D eigenvalue weighted by Gasteiger charge is 2.32. The SMILES string of the molecule is CC1=NN(C(=O)c2ccccc2)C(=O)/C1=C/c1ccc(C)cc1. The predicted molar refractivity (Wildman–Crippen MR) is 89.9 cm³/mol. The quantitative estimate of drug-likeness (QED) is 0.630. The van der Waals surface area contributed by atoms with E-state index in [1.54, 1.807) is 37.3 Å². The third kappa shape index (κ3) is 2.97. The summed E-state index contributed by atoms with van der Waals surface area (Å²) in [6, 6.07) is 16.5. The molecule has 1 aliphatic rings. The molecule has 0 atom stereocenters. The van der Waals surface area contributed by atoms with Crippen LogP contribution in [0.2, 0.25) is 0 Å². The van der Waals surface area contributed by atoms with Gasteiger partial charge in [-0.15, -0.1) is 0 Å². The van der Waals surface area contributed by atoms with E-state index in [0.717, 1.165) is 16.1 Å². The van der Waals surface area contributed by atoms with Crippen molar-refractivity contribution >= 4 is 23.6 Å². The van der Waals surface area contributed by atoms with Crippen molar-refractivity contribution in [2.24, 2.45) is 5.10 Å². The van der Waals surface area contributed by atoms with Crippen LogP contribution in [0.3, 0.4) is 0 Å². The number of hydrogen-bond donors (Lipinski definition) is 0. The maximum Gasteiger partial charge on any atom is 0.283 e. The fraction of sp³-hybridized carbons (Fsp3) is 0.105. The highest BCUT2D eigenvalue weighted by atomic mass is 16.2. The molecule has 2 aromatic rings. The lowest BCUT2D eigenvalue weighted by Crippen LogP contribution is -2.29. The van der Waals surface area contributed by atoms with Crippen LogP contribution < -0.4 is 0 Å². The molecule has 0 saturated carbocycles. The van der Waals surface area contributed by atoms with Gasteiger partial charge >= 0.3 is 0 Å². The van der Waals surface area contributed by atoms with Crippen LogP contribution in [0.4, 0.5) is 0 Å². The van der Waals surface area contributed by atoms with E-state index in [0.29, 0.717) is 16.8 Å². The molecule has 0 fully saturated rings. The van der Waals surface area contributed by atoms with Crippen LogP contribution in [0, 0.1) is 6.92 Å². The molecular formula is C19H16N2O2. The Labute approximate surface area is 134 Å².